The number of hydrazine groups is 1. The summed E-state index contributed by atoms with van der Waals surface area (Å²) < 4.78 is 32.4. The van der Waals surface area contributed by atoms with E-state index in [1.807, 2.05) is 0 Å². The molecule has 2 aromatic rings. The van der Waals surface area contributed by atoms with Crippen molar-refractivity contribution in [2.75, 3.05) is 7.11 Å². The summed E-state index contributed by atoms with van der Waals surface area (Å²) in [7, 11) is 1.45. The Balaban J connectivity index is 2.54. The number of nitrogens with zero attached hydrogens (tertiary/aromatic N) is 1. The van der Waals surface area contributed by atoms with Gasteiger partial charge < -0.3 is 4.74 Å². The van der Waals surface area contributed by atoms with Crippen molar-refractivity contribution in [2.24, 2.45) is 5.84 Å². The number of nitrogens with two attached hydrogens (primary N) is 1. The van der Waals surface area contributed by atoms with Gasteiger partial charge in [0, 0.05) is 10.9 Å². The first-order valence-electron chi connectivity index (χ1n) is 5.32. The van der Waals surface area contributed by atoms with Gasteiger partial charge in [-0.15, -0.1) is 0 Å². The first kappa shape index (κ1) is 13.2. The minimum Gasteiger partial charge on any atom is -0.495 e. The second-order valence-corrected chi connectivity index (χ2v) is 3.83. The van der Waals surface area contributed by atoms with E-state index in [2.05, 4.69) is 4.98 Å². The molecule has 19 heavy (non-hydrogen) atoms. The van der Waals surface area contributed by atoms with Gasteiger partial charge in [-0.2, -0.15) is 8.78 Å². The molecule has 0 unspecified atom stereocenters. The predicted molar refractivity (Wildman–Crippen MR) is 64.5 cm³/mol. The zero-order valence-electron chi connectivity index (χ0n) is 9.98. The minimum absolute atomic E-state index is 0.441. The van der Waals surface area contributed by atoms with Crippen LogP contribution in [-0.4, -0.2) is 18.0 Å². The topological polar surface area (TPSA) is 77.2 Å². The molecule has 0 aliphatic heterocycles. The monoisotopic (exact) mass is 267 g/mol. The van der Waals surface area contributed by atoms with E-state index in [1.165, 1.54) is 30.9 Å². The Labute approximate surface area is 107 Å². The Hall–Kier alpha value is -2.28. The molecule has 0 atom stereocenters. The highest BCUT2D eigenvalue weighted by Crippen LogP contribution is 2.30. The fraction of sp³-hybridized carbons (Fsp3) is 0.167. The fourth-order valence-corrected chi connectivity index (χ4v) is 1.64. The number of benzene rings is 1. The number of nitrogens with one attached hydrogen (secondary N) is 1. The van der Waals surface area contributed by atoms with Crippen LogP contribution in [-0.2, 0) is 10.7 Å². The van der Waals surface area contributed by atoms with Gasteiger partial charge >= 0.3 is 11.8 Å². The number of carbonyl (C=O) groups excluding carboxylic acids is 1. The van der Waals surface area contributed by atoms with E-state index >= 15 is 0 Å². The van der Waals surface area contributed by atoms with Crippen molar-refractivity contribution in [1.82, 2.24) is 10.4 Å². The lowest BCUT2D eigenvalue weighted by molar-refractivity contribution is -0.147. The van der Waals surface area contributed by atoms with Crippen LogP contribution in [0.5, 0.6) is 5.75 Å². The summed E-state index contributed by atoms with van der Waals surface area (Å²) in [6.45, 7) is 0. The van der Waals surface area contributed by atoms with Crippen molar-refractivity contribution < 1.29 is 18.3 Å². The number of hydrogen-bond donors (Lipinski definition) is 2. The highest BCUT2D eigenvalue weighted by molar-refractivity contribution is 5.87. The average Bonchev–Trinajstić information content (AvgIpc) is 2.44. The zero-order chi connectivity index (χ0) is 14.0. The summed E-state index contributed by atoms with van der Waals surface area (Å²) in [5, 5.41) is 0.446. The molecule has 7 heteroatoms. The molecule has 1 aromatic heterocycles. The van der Waals surface area contributed by atoms with Crippen molar-refractivity contribution in [2.45, 2.75) is 5.92 Å². The molecule has 0 spiro atoms. The molecular weight excluding hydrogens is 256 g/mol. The molecule has 0 fully saturated rings. The molecule has 5 nitrogen and oxygen atoms in total. The van der Waals surface area contributed by atoms with Crippen molar-refractivity contribution in [3.63, 3.8) is 0 Å². The van der Waals surface area contributed by atoms with E-state index < -0.39 is 17.4 Å². The first-order chi connectivity index (χ1) is 8.98. The van der Waals surface area contributed by atoms with Crippen LogP contribution in [0.3, 0.4) is 0 Å². The fourth-order valence-electron chi connectivity index (χ4n) is 1.64. The Morgan fingerprint density at radius 1 is 1.42 bits per heavy atom. The Morgan fingerprint density at radius 3 is 2.79 bits per heavy atom. The molecule has 0 bridgehead atoms. The van der Waals surface area contributed by atoms with Crippen molar-refractivity contribution in [1.29, 1.82) is 0 Å². The standard InChI is InChI=1S/C12H11F2N3O2/c1-19-9-5-7-4-8(2-3-10(7)16-6-9)12(13,14)11(18)17-15/h2-6H,15H2,1H3,(H,17,18). The summed E-state index contributed by atoms with van der Waals surface area (Å²) in [5.41, 5.74) is 1.51. The second-order valence-electron chi connectivity index (χ2n) is 3.83. The van der Waals surface area contributed by atoms with Gasteiger partial charge in [0.05, 0.1) is 18.8 Å². The number of alkyl halides is 2. The average molecular weight is 267 g/mol. The van der Waals surface area contributed by atoms with Gasteiger partial charge in [-0.3, -0.25) is 15.2 Å². The molecule has 2 rings (SSSR count). The number of aromatic nitrogens is 1. The van der Waals surface area contributed by atoms with E-state index in [9.17, 15) is 13.6 Å². The molecule has 0 aliphatic rings. The Morgan fingerprint density at radius 2 is 2.16 bits per heavy atom. The van der Waals surface area contributed by atoms with E-state index in [0.717, 1.165) is 6.07 Å². The minimum atomic E-state index is -3.70. The van der Waals surface area contributed by atoms with E-state index in [0.29, 0.717) is 16.7 Å². The summed E-state index contributed by atoms with van der Waals surface area (Å²) >= 11 is 0. The van der Waals surface area contributed by atoms with E-state index in [4.69, 9.17) is 10.6 Å². The second kappa shape index (κ2) is 4.77. The molecule has 3 N–H and O–H groups in total. The van der Waals surface area contributed by atoms with Crippen LogP contribution < -0.4 is 16.0 Å². The summed E-state index contributed by atoms with van der Waals surface area (Å²) in [6, 6.07) is 5.28. The molecule has 0 saturated carbocycles. The number of ether oxygens (including phenoxy) is 1. The number of amides is 1. The maximum Gasteiger partial charge on any atom is 0.351 e. The SMILES string of the molecule is COc1cnc2ccc(C(F)(F)C(=O)NN)cc2c1. The lowest BCUT2D eigenvalue weighted by atomic mass is 10.0. The zero-order valence-corrected chi connectivity index (χ0v) is 9.98. The van der Waals surface area contributed by atoms with Gasteiger partial charge in [0.1, 0.15) is 5.75 Å². The number of halogens is 2. The highest BCUT2D eigenvalue weighted by atomic mass is 19.3. The highest BCUT2D eigenvalue weighted by Gasteiger charge is 2.40. The van der Waals surface area contributed by atoms with Gasteiger partial charge in [-0.25, -0.2) is 5.84 Å². The number of pyridine rings is 1. The molecule has 0 radical (unpaired) electrons. The smallest absolute Gasteiger partial charge is 0.351 e. The van der Waals surface area contributed by atoms with Crippen molar-refractivity contribution >= 4 is 16.8 Å². The van der Waals surface area contributed by atoms with Crippen LogP contribution >= 0.6 is 0 Å². The largest absolute Gasteiger partial charge is 0.495 e. The number of carbonyl (C=O) groups is 1. The first-order valence-corrected chi connectivity index (χ1v) is 5.32. The molecule has 0 aliphatic carbocycles. The predicted octanol–water partition coefficient (Wildman–Crippen LogP) is 1.33. The molecule has 1 amide bonds. The Kier molecular flexibility index (Phi) is 3.30. The van der Waals surface area contributed by atoms with Crippen LogP contribution in [0.15, 0.2) is 30.5 Å². The van der Waals surface area contributed by atoms with Gasteiger partial charge in [0.15, 0.2) is 0 Å². The quantitative estimate of drug-likeness (QED) is 0.499. The number of hydrogen-bond acceptors (Lipinski definition) is 4. The molecule has 1 heterocycles. The number of rotatable bonds is 3. The van der Waals surface area contributed by atoms with Gasteiger partial charge in [-0.1, -0.05) is 6.07 Å². The summed E-state index contributed by atoms with van der Waals surface area (Å²) in [4.78, 5) is 15.1. The molecule has 100 valence electrons. The molecule has 1 aromatic carbocycles. The normalized spacial score (nSPS) is 11.4. The lowest BCUT2D eigenvalue weighted by Gasteiger charge is -2.15. The van der Waals surface area contributed by atoms with Gasteiger partial charge in [-0.05, 0) is 18.2 Å². The third-order valence-electron chi connectivity index (χ3n) is 2.67. The van der Waals surface area contributed by atoms with Crippen molar-refractivity contribution in [3.8, 4) is 5.75 Å². The number of fused-ring (bicyclic) bond motifs is 1. The third kappa shape index (κ3) is 2.32. The van der Waals surface area contributed by atoms with Gasteiger partial charge in [0.25, 0.3) is 0 Å². The van der Waals surface area contributed by atoms with Crippen molar-refractivity contribution in [3.05, 3.63) is 36.0 Å². The molecular formula is C12H11F2N3O2. The Bertz CT molecular complexity index is 631. The third-order valence-corrected chi connectivity index (χ3v) is 2.67. The summed E-state index contributed by atoms with van der Waals surface area (Å²) in [6.07, 6.45) is 1.48. The lowest BCUT2D eigenvalue weighted by Crippen LogP contribution is -2.41. The maximum atomic E-state index is 13.7. The van der Waals surface area contributed by atoms with Crippen LogP contribution in [0, 0.1) is 0 Å². The van der Waals surface area contributed by atoms with Crippen LogP contribution in [0.25, 0.3) is 10.9 Å². The summed E-state index contributed by atoms with van der Waals surface area (Å²) in [5.74, 6) is -0.0864. The van der Waals surface area contributed by atoms with Gasteiger partial charge in [0.2, 0.25) is 0 Å². The van der Waals surface area contributed by atoms with Crippen LogP contribution in [0.2, 0.25) is 0 Å². The van der Waals surface area contributed by atoms with Crippen LogP contribution in [0.4, 0.5) is 8.78 Å². The van der Waals surface area contributed by atoms with E-state index in [1.54, 1.807) is 6.07 Å². The molecule has 0 saturated heterocycles. The van der Waals surface area contributed by atoms with Crippen LogP contribution in [0.1, 0.15) is 5.56 Å². The van der Waals surface area contributed by atoms with E-state index in [-0.39, 0.29) is 0 Å². The number of methoxy groups -OCH3 is 1. The maximum absolute atomic E-state index is 13.7.